The van der Waals surface area contributed by atoms with E-state index in [2.05, 4.69) is 0 Å². The van der Waals surface area contributed by atoms with Crippen molar-refractivity contribution in [2.75, 3.05) is 6.54 Å². The summed E-state index contributed by atoms with van der Waals surface area (Å²) < 4.78 is 5.46. The van der Waals surface area contributed by atoms with Crippen molar-refractivity contribution in [1.82, 2.24) is 4.90 Å². The fraction of sp³-hybridized carbons (Fsp3) is 0.300. The molecule has 1 heterocycles. The Morgan fingerprint density at radius 2 is 1.88 bits per heavy atom. The Kier molecular flexibility index (Phi) is 4.65. The topological polar surface area (TPSA) is 46.6 Å². The number of esters is 1. The standard InChI is InChI=1S/C20H21NO3/c1-14-8-9-18(10-15(14)2)24-20(23)17-11-19(22)21(13-17)12-16-6-4-3-5-7-16/h3-10,17H,11-13H2,1-2H3/t17-/m0/s1. The lowest BCUT2D eigenvalue weighted by Gasteiger charge is -2.16. The molecule has 1 fully saturated rings. The number of nitrogens with zero attached hydrogens (tertiary/aromatic N) is 1. The van der Waals surface area contributed by atoms with E-state index in [9.17, 15) is 9.59 Å². The van der Waals surface area contributed by atoms with Gasteiger partial charge in [-0.05, 0) is 42.7 Å². The summed E-state index contributed by atoms with van der Waals surface area (Å²) in [5.74, 6) is -0.192. The summed E-state index contributed by atoms with van der Waals surface area (Å²) >= 11 is 0. The number of benzene rings is 2. The highest BCUT2D eigenvalue weighted by atomic mass is 16.5. The van der Waals surface area contributed by atoms with Crippen LogP contribution in [-0.4, -0.2) is 23.3 Å². The number of ether oxygens (including phenoxy) is 1. The van der Waals surface area contributed by atoms with Crippen molar-refractivity contribution in [3.05, 3.63) is 65.2 Å². The summed E-state index contributed by atoms with van der Waals surface area (Å²) in [6.07, 6.45) is 0.219. The monoisotopic (exact) mass is 323 g/mol. The van der Waals surface area contributed by atoms with Crippen molar-refractivity contribution in [2.24, 2.45) is 5.92 Å². The molecule has 2 aromatic rings. The molecule has 0 aromatic heterocycles. The van der Waals surface area contributed by atoms with Crippen molar-refractivity contribution in [2.45, 2.75) is 26.8 Å². The second-order valence-corrected chi connectivity index (χ2v) is 6.33. The van der Waals surface area contributed by atoms with Crippen molar-refractivity contribution in [1.29, 1.82) is 0 Å². The minimum absolute atomic E-state index is 0.000824. The average molecular weight is 323 g/mol. The molecule has 0 N–H and O–H groups in total. The first-order valence-corrected chi connectivity index (χ1v) is 8.13. The van der Waals surface area contributed by atoms with Crippen LogP contribution in [0.4, 0.5) is 0 Å². The lowest BCUT2D eigenvalue weighted by atomic mass is 10.1. The van der Waals surface area contributed by atoms with Crippen LogP contribution in [0.15, 0.2) is 48.5 Å². The van der Waals surface area contributed by atoms with Gasteiger partial charge in [-0.25, -0.2) is 0 Å². The Labute approximate surface area is 142 Å². The Morgan fingerprint density at radius 3 is 2.58 bits per heavy atom. The third-order valence-corrected chi connectivity index (χ3v) is 4.46. The predicted octanol–water partition coefficient (Wildman–Crippen LogP) is 3.26. The maximum atomic E-state index is 12.4. The fourth-order valence-electron chi connectivity index (χ4n) is 2.86. The van der Waals surface area contributed by atoms with Crippen LogP contribution < -0.4 is 4.74 Å². The summed E-state index contributed by atoms with van der Waals surface area (Å²) in [5.41, 5.74) is 3.29. The number of hydrogen-bond acceptors (Lipinski definition) is 3. The molecule has 124 valence electrons. The van der Waals surface area contributed by atoms with Gasteiger partial charge in [0.15, 0.2) is 0 Å². The van der Waals surface area contributed by atoms with Crippen molar-refractivity contribution in [3.8, 4) is 5.75 Å². The summed E-state index contributed by atoms with van der Waals surface area (Å²) in [4.78, 5) is 26.2. The van der Waals surface area contributed by atoms with Gasteiger partial charge in [-0.15, -0.1) is 0 Å². The van der Waals surface area contributed by atoms with Crippen LogP contribution in [0, 0.1) is 19.8 Å². The number of carbonyl (C=O) groups excluding carboxylic acids is 2. The molecule has 0 radical (unpaired) electrons. The molecule has 0 saturated carbocycles. The van der Waals surface area contributed by atoms with Gasteiger partial charge in [-0.2, -0.15) is 0 Å². The lowest BCUT2D eigenvalue weighted by molar-refractivity contribution is -0.139. The lowest BCUT2D eigenvalue weighted by Crippen LogP contribution is -2.27. The Hall–Kier alpha value is -2.62. The maximum absolute atomic E-state index is 12.4. The largest absolute Gasteiger partial charge is 0.426 e. The van der Waals surface area contributed by atoms with E-state index < -0.39 is 5.92 Å². The molecule has 4 heteroatoms. The highest BCUT2D eigenvalue weighted by Gasteiger charge is 2.35. The van der Waals surface area contributed by atoms with Crippen LogP contribution >= 0.6 is 0 Å². The fourth-order valence-corrected chi connectivity index (χ4v) is 2.86. The smallest absolute Gasteiger partial charge is 0.316 e. The molecule has 24 heavy (non-hydrogen) atoms. The van der Waals surface area contributed by atoms with Crippen LogP contribution in [0.25, 0.3) is 0 Å². The summed E-state index contributed by atoms with van der Waals surface area (Å²) in [6, 6.07) is 15.4. The molecule has 1 saturated heterocycles. The number of likely N-dealkylation sites (tertiary alicyclic amines) is 1. The molecule has 0 spiro atoms. The van der Waals surface area contributed by atoms with Gasteiger partial charge in [0.2, 0.25) is 5.91 Å². The average Bonchev–Trinajstić information content (AvgIpc) is 2.93. The Morgan fingerprint density at radius 1 is 1.12 bits per heavy atom. The third kappa shape index (κ3) is 3.65. The second-order valence-electron chi connectivity index (χ2n) is 6.33. The normalized spacial score (nSPS) is 17.2. The SMILES string of the molecule is Cc1ccc(OC(=O)[C@H]2CC(=O)N(Cc3ccccc3)C2)cc1C. The van der Waals surface area contributed by atoms with Gasteiger partial charge in [0.05, 0.1) is 5.92 Å². The number of aryl methyl sites for hydroxylation is 2. The van der Waals surface area contributed by atoms with Crippen LogP contribution in [0.3, 0.4) is 0 Å². The van der Waals surface area contributed by atoms with E-state index in [-0.39, 0.29) is 18.3 Å². The minimum Gasteiger partial charge on any atom is -0.426 e. The van der Waals surface area contributed by atoms with Crippen LogP contribution in [0.5, 0.6) is 5.75 Å². The first kappa shape index (κ1) is 16.2. The van der Waals surface area contributed by atoms with Gasteiger partial charge >= 0.3 is 5.97 Å². The molecular formula is C20H21NO3. The molecule has 1 atom stereocenters. The van der Waals surface area contributed by atoms with Crippen LogP contribution in [-0.2, 0) is 16.1 Å². The Bertz CT molecular complexity index is 755. The quantitative estimate of drug-likeness (QED) is 0.641. The molecule has 0 aliphatic carbocycles. The van der Waals surface area contributed by atoms with E-state index in [0.29, 0.717) is 18.8 Å². The molecule has 0 bridgehead atoms. The number of hydrogen-bond donors (Lipinski definition) is 0. The number of amides is 1. The van der Waals surface area contributed by atoms with Gasteiger partial charge in [-0.3, -0.25) is 9.59 Å². The third-order valence-electron chi connectivity index (χ3n) is 4.46. The van der Waals surface area contributed by atoms with E-state index in [4.69, 9.17) is 4.74 Å². The predicted molar refractivity (Wildman–Crippen MR) is 91.5 cm³/mol. The molecule has 4 nitrogen and oxygen atoms in total. The zero-order chi connectivity index (χ0) is 17.1. The molecule has 3 rings (SSSR count). The minimum atomic E-state index is -0.400. The van der Waals surface area contributed by atoms with Crippen molar-refractivity contribution >= 4 is 11.9 Å². The summed E-state index contributed by atoms with van der Waals surface area (Å²) in [7, 11) is 0. The van der Waals surface area contributed by atoms with Gasteiger partial charge < -0.3 is 9.64 Å². The van der Waals surface area contributed by atoms with Crippen LogP contribution in [0.1, 0.15) is 23.1 Å². The van der Waals surface area contributed by atoms with Gasteiger partial charge in [0.1, 0.15) is 5.75 Å². The van der Waals surface area contributed by atoms with Crippen LogP contribution in [0.2, 0.25) is 0 Å². The first-order chi connectivity index (χ1) is 11.5. The van der Waals surface area contributed by atoms with E-state index in [0.717, 1.165) is 16.7 Å². The molecule has 2 aromatic carbocycles. The molecule has 1 aliphatic heterocycles. The number of carbonyl (C=O) groups is 2. The zero-order valence-corrected chi connectivity index (χ0v) is 14.0. The van der Waals surface area contributed by atoms with E-state index in [1.165, 1.54) is 0 Å². The van der Waals surface area contributed by atoms with Gasteiger partial charge in [0.25, 0.3) is 0 Å². The van der Waals surface area contributed by atoms with E-state index >= 15 is 0 Å². The summed E-state index contributed by atoms with van der Waals surface area (Å²) in [6.45, 7) is 4.94. The van der Waals surface area contributed by atoms with Gasteiger partial charge in [-0.1, -0.05) is 36.4 Å². The second kappa shape index (κ2) is 6.87. The highest BCUT2D eigenvalue weighted by Crippen LogP contribution is 2.23. The van der Waals surface area contributed by atoms with E-state index in [1.54, 1.807) is 11.0 Å². The molecular weight excluding hydrogens is 302 g/mol. The molecule has 1 amide bonds. The van der Waals surface area contributed by atoms with Gasteiger partial charge in [0, 0.05) is 19.5 Å². The van der Waals surface area contributed by atoms with Crippen molar-refractivity contribution < 1.29 is 14.3 Å². The number of rotatable bonds is 4. The summed E-state index contributed by atoms with van der Waals surface area (Å²) in [5, 5.41) is 0. The Balaban J connectivity index is 1.62. The highest BCUT2D eigenvalue weighted by molar-refractivity contribution is 5.87. The van der Waals surface area contributed by atoms with Crippen molar-refractivity contribution in [3.63, 3.8) is 0 Å². The van der Waals surface area contributed by atoms with E-state index in [1.807, 2.05) is 56.3 Å². The molecule has 0 unspecified atom stereocenters. The maximum Gasteiger partial charge on any atom is 0.316 e. The first-order valence-electron chi connectivity index (χ1n) is 8.13. The molecule has 1 aliphatic rings. The zero-order valence-electron chi connectivity index (χ0n) is 14.0.